The maximum Gasteiger partial charge on any atom is 0.152 e. The summed E-state index contributed by atoms with van der Waals surface area (Å²) in [5, 5.41) is 3.31. The summed E-state index contributed by atoms with van der Waals surface area (Å²) in [5.41, 5.74) is 8.07. The zero-order valence-corrected chi connectivity index (χ0v) is 11.0. The SMILES string of the molecule is Cc1cc(NC2(C)CCS(=O)(=O)C2)ccc1N. The van der Waals surface area contributed by atoms with Gasteiger partial charge < -0.3 is 11.1 Å². The number of nitrogen functional groups attached to an aromatic ring is 1. The van der Waals surface area contributed by atoms with E-state index in [-0.39, 0.29) is 17.0 Å². The van der Waals surface area contributed by atoms with Crippen LogP contribution in [0, 0.1) is 6.92 Å². The number of hydrogen-bond donors (Lipinski definition) is 2. The minimum absolute atomic E-state index is 0.198. The zero-order chi connectivity index (χ0) is 12.7. The molecule has 4 nitrogen and oxygen atoms in total. The smallest absolute Gasteiger partial charge is 0.152 e. The van der Waals surface area contributed by atoms with E-state index in [0.717, 1.165) is 16.9 Å². The molecule has 1 aromatic rings. The summed E-state index contributed by atoms with van der Waals surface area (Å²) in [6.07, 6.45) is 0.652. The van der Waals surface area contributed by atoms with Crippen LogP contribution in [0.3, 0.4) is 0 Å². The number of sulfone groups is 1. The first-order valence-electron chi connectivity index (χ1n) is 5.64. The van der Waals surface area contributed by atoms with E-state index in [2.05, 4.69) is 5.32 Å². The van der Waals surface area contributed by atoms with Gasteiger partial charge in [-0.25, -0.2) is 8.42 Å². The number of nitrogens with one attached hydrogen (secondary N) is 1. The van der Waals surface area contributed by atoms with Gasteiger partial charge >= 0.3 is 0 Å². The van der Waals surface area contributed by atoms with Gasteiger partial charge in [0.15, 0.2) is 9.84 Å². The van der Waals surface area contributed by atoms with Crippen LogP contribution < -0.4 is 11.1 Å². The van der Waals surface area contributed by atoms with Gasteiger partial charge in [0, 0.05) is 16.9 Å². The Hall–Kier alpha value is -1.23. The minimum Gasteiger partial charge on any atom is -0.399 e. The molecule has 1 unspecified atom stereocenters. The van der Waals surface area contributed by atoms with Crippen molar-refractivity contribution < 1.29 is 8.42 Å². The first kappa shape index (κ1) is 12.2. The minimum atomic E-state index is -2.88. The Morgan fingerprint density at radius 2 is 2.12 bits per heavy atom. The maximum absolute atomic E-state index is 11.5. The molecule has 0 amide bonds. The van der Waals surface area contributed by atoms with Gasteiger partial charge in [0.25, 0.3) is 0 Å². The molecule has 3 N–H and O–H groups in total. The molecule has 1 aliphatic rings. The van der Waals surface area contributed by atoms with E-state index < -0.39 is 9.84 Å². The van der Waals surface area contributed by atoms with Crippen LogP contribution >= 0.6 is 0 Å². The summed E-state index contributed by atoms with van der Waals surface area (Å²) in [5.74, 6) is 0.466. The van der Waals surface area contributed by atoms with Crippen LogP contribution in [0.1, 0.15) is 18.9 Å². The summed E-state index contributed by atoms with van der Waals surface area (Å²) in [6, 6.07) is 5.68. The summed E-state index contributed by atoms with van der Waals surface area (Å²) in [4.78, 5) is 0. The van der Waals surface area contributed by atoms with Crippen molar-refractivity contribution in [2.45, 2.75) is 25.8 Å². The van der Waals surface area contributed by atoms with Gasteiger partial charge in [-0.05, 0) is 44.0 Å². The fraction of sp³-hybridized carbons (Fsp3) is 0.500. The molecular weight excluding hydrogens is 236 g/mol. The number of nitrogens with two attached hydrogens (primary N) is 1. The first-order valence-corrected chi connectivity index (χ1v) is 7.47. The summed E-state index contributed by atoms with van der Waals surface area (Å²) in [7, 11) is -2.88. The molecule has 0 bridgehead atoms. The van der Waals surface area contributed by atoms with Crippen molar-refractivity contribution >= 4 is 21.2 Å². The lowest BCUT2D eigenvalue weighted by molar-refractivity contribution is 0.574. The Morgan fingerprint density at radius 3 is 2.65 bits per heavy atom. The highest BCUT2D eigenvalue weighted by Gasteiger charge is 2.38. The molecule has 94 valence electrons. The summed E-state index contributed by atoms with van der Waals surface area (Å²) < 4.78 is 23.0. The largest absolute Gasteiger partial charge is 0.399 e. The van der Waals surface area contributed by atoms with E-state index in [0.29, 0.717) is 6.42 Å². The fourth-order valence-corrected chi connectivity index (χ4v) is 4.30. The molecular formula is C12H18N2O2S. The van der Waals surface area contributed by atoms with Crippen LogP contribution in [0.25, 0.3) is 0 Å². The number of hydrogen-bond acceptors (Lipinski definition) is 4. The Balaban J connectivity index is 2.19. The van der Waals surface area contributed by atoms with Gasteiger partial charge in [-0.3, -0.25) is 0 Å². The van der Waals surface area contributed by atoms with Crippen LogP contribution in [0.15, 0.2) is 18.2 Å². The Kier molecular flexibility index (Phi) is 2.81. The highest BCUT2D eigenvalue weighted by atomic mass is 32.2. The van der Waals surface area contributed by atoms with Crippen LogP contribution in [0.2, 0.25) is 0 Å². The third-order valence-corrected chi connectivity index (χ3v) is 5.12. The second-order valence-corrected chi connectivity index (χ2v) is 7.28. The molecule has 0 aliphatic carbocycles. The molecule has 1 aromatic carbocycles. The van der Waals surface area contributed by atoms with E-state index >= 15 is 0 Å². The van der Waals surface area contributed by atoms with Crippen LogP contribution in [-0.2, 0) is 9.84 Å². The van der Waals surface area contributed by atoms with Crippen molar-refractivity contribution in [3.63, 3.8) is 0 Å². The quantitative estimate of drug-likeness (QED) is 0.786. The molecule has 17 heavy (non-hydrogen) atoms. The molecule has 0 saturated carbocycles. The Morgan fingerprint density at radius 1 is 1.41 bits per heavy atom. The van der Waals surface area contributed by atoms with Crippen molar-refractivity contribution in [3.8, 4) is 0 Å². The first-order chi connectivity index (χ1) is 7.80. The molecule has 1 aliphatic heterocycles. The van der Waals surface area contributed by atoms with E-state index in [1.54, 1.807) is 0 Å². The van der Waals surface area contributed by atoms with Crippen LogP contribution in [0.4, 0.5) is 11.4 Å². The maximum atomic E-state index is 11.5. The molecule has 1 saturated heterocycles. The van der Waals surface area contributed by atoms with E-state index in [1.165, 1.54) is 0 Å². The Bertz CT molecular complexity index is 539. The normalized spacial score (nSPS) is 26.9. The average Bonchev–Trinajstić information content (AvgIpc) is 2.47. The van der Waals surface area contributed by atoms with Gasteiger partial charge in [-0.15, -0.1) is 0 Å². The lowest BCUT2D eigenvalue weighted by Gasteiger charge is -2.25. The number of benzene rings is 1. The van der Waals surface area contributed by atoms with Crippen molar-refractivity contribution in [1.29, 1.82) is 0 Å². The van der Waals surface area contributed by atoms with Gasteiger partial charge in [-0.2, -0.15) is 0 Å². The van der Waals surface area contributed by atoms with Crippen molar-refractivity contribution in [3.05, 3.63) is 23.8 Å². The molecule has 1 heterocycles. The molecule has 0 spiro atoms. The number of anilines is 2. The number of aryl methyl sites for hydroxylation is 1. The monoisotopic (exact) mass is 254 g/mol. The zero-order valence-electron chi connectivity index (χ0n) is 10.2. The summed E-state index contributed by atoms with van der Waals surface area (Å²) >= 11 is 0. The van der Waals surface area contributed by atoms with Crippen molar-refractivity contribution in [1.82, 2.24) is 0 Å². The third kappa shape index (κ3) is 2.72. The molecule has 1 fully saturated rings. The second-order valence-electron chi connectivity index (χ2n) is 5.10. The van der Waals surface area contributed by atoms with E-state index in [4.69, 9.17) is 5.73 Å². The molecule has 0 aromatic heterocycles. The van der Waals surface area contributed by atoms with Crippen molar-refractivity contribution in [2.75, 3.05) is 22.6 Å². The van der Waals surface area contributed by atoms with Gasteiger partial charge in [0.2, 0.25) is 0 Å². The molecule has 0 radical (unpaired) electrons. The predicted octanol–water partition coefficient (Wildman–Crippen LogP) is 1.57. The summed E-state index contributed by atoms with van der Waals surface area (Å²) in [6.45, 7) is 3.89. The highest BCUT2D eigenvalue weighted by molar-refractivity contribution is 7.91. The molecule has 5 heteroatoms. The Labute approximate surface area is 102 Å². The fourth-order valence-electron chi connectivity index (χ4n) is 2.21. The lowest BCUT2D eigenvalue weighted by atomic mass is 10.0. The van der Waals surface area contributed by atoms with Gasteiger partial charge in [0.05, 0.1) is 11.5 Å². The van der Waals surface area contributed by atoms with Gasteiger partial charge in [-0.1, -0.05) is 0 Å². The topological polar surface area (TPSA) is 72.2 Å². The van der Waals surface area contributed by atoms with E-state index in [1.807, 2.05) is 32.0 Å². The molecule has 1 atom stereocenters. The standard InChI is InChI=1S/C12H18N2O2S/c1-9-7-10(3-4-11(9)13)14-12(2)5-6-17(15,16)8-12/h3-4,7,14H,5-6,8,13H2,1-2H3. The van der Waals surface area contributed by atoms with Crippen LogP contribution in [-0.4, -0.2) is 25.5 Å². The molecule has 2 rings (SSSR count). The third-order valence-electron chi connectivity index (χ3n) is 3.22. The van der Waals surface area contributed by atoms with Crippen LogP contribution in [0.5, 0.6) is 0 Å². The second kappa shape index (κ2) is 3.91. The van der Waals surface area contributed by atoms with Gasteiger partial charge in [0.1, 0.15) is 0 Å². The lowest BCUT2D eigenvalue weighted by Crippen LogP contribution is -2.35. The van der Waals surface area contributed by atoms with Crippen molar-refractivity contribution in [2.24, 2.45) is 0 Å². The highest BCUT2D eigenvalue weighted by Crippen LogP contribution is 2.28. The average molecular weight is 254 g/mol. The predicted molar refractivity (Wildman–Crippen MR) is 70.9 cm³/mol. The number of rotatable bonds is 2. The van der Waals surface area contributed by atoms with E-state index in [9.17, 15) is 8.42 Å².